The van der Waals surface area contributed by atoms with Crippen LogP contribution in [0.3, 0.4) is 0 Å². The number of aryl methyl sites for hydroxylation is 1. The number of nitrogens with one attached hydrogen (secondary N) is 1. The molecule has 4 heteroatoms. The first-order chi connectivity index (χ1) is 8.79. The van der Waals surface area contributed by atoms with Crippen molar-refractivity contribution in [3.8, 4) is 0 Å². The summed E-state index contributed by atoms with van der Waals surface area (Å²) >= 11 is 0. The fraction of sp³-hybridized carbons (Fsp3) is 0.429. The highest BCUT2D eigenvalue weighted by molar-refractivity contribution is 6.04. The first-order valence-electron chi connectivity index (χ1n) is 6.44. The lowest BCUT2D eigenvalue weighted by molar-refractivity contribution is -0.121. The average Bonchev–Trinajstić information content (AvgIpc) is 2.40. The lowest BCUT2D eigenvalue weighted by Gasteiger charge is -2.12. The van der Waals surface area contributed by atoms with Crippen molar-refractivity contribution in [1.29, 1.82) is 0 Å². The number of unbranched alkanes of at least 4 members (excludes halogenated alkanes) is 1. The van der Waals surface area contributed by atoms with E-state index in [-0.39, 0.29) is 5.91 Å². The fourth-order valence-electron chi connectivity index (χ4n) is 2.06. The summed E-state index contributed by atoms with van der Waals surface area (Å²) in [4.78, 5) is 11.1. The molecule has 0 saturated heterocycles. The molecule has 0 radical (unpaired) electrons. The van der Waals surface area contributed by atoms with Gasteiger partial charge in [0.1, 0.15) is 0 Å². The van der Waals surface area contributed by atoms with Crippen LogP contribution in [-0.2, 0) is 11.2 Å². The van der Waals surface area contributed by atoms with Crippen LogP contribution < -0.4 is 11.2 Å². The van der Waals surface area contributed by atoms with Crippen molar-refractivity contribution in [2.75, 3.05) is 6.54 Å². The molecule has 0 unspecified atom stereocenters. The van der Waals surface area contributed by atoms with Gasteiger partial charge in [0.25, 0.3) is 0 Å². The summed E-state index contributed by atoms with van der Waals surface area (Å²) in [6.45, 7) is 0.748. The van der Waals surface area contributed by atoms with Crippen LogP contribution in [-0.4, -0.2) is 18.2 Å². The van der Waals surface area contributed by atoms with E-state index in [0.717, 1.165) is 43.5 Å². The van der Waals surface area contributed by atoms with Gasteiger partial charge < -0.3 is 5.73 Å². The molecule has 96 valence electrons. The van der Waals surface area contributed by atoms with Gasteiger partial charge in [-0.1, -0.05) is 18.2 Å². The lowest BCUT2D eigenvalue weighted by atomic mass is 10.00. The smallest absolute Gasteiger partial charge is 0.240 e. The van der Waals surface area contributed by atoms with Crippen molar-refractivity contribution >= 4 is 11.6 Å². The zero-order chi connectivity index (χ0) is 12.8. The van der Waals surface area contributed by atoms with Gasteiger partial charge in [0.05, 0.1) is 5.71 Å². The molecule has 0 aliphatic carbocycles. The number of hydrazone groups is 1. The number of nitrogens with zero attached hydrogens (tertiary/aromatic N) is 1. The summed E-state index contributed by atoms with van der Waals surface area (Å²) in [6.07, 6.45) is 4.46. The Kier molecular flexibility index (Phi) is 4.47. The number of rotatable bonds is 5. The predicted octanol–water partition coefficient (Wildman–Crippen LogP) is 1.58. The molecule has 1 aliphatic heterocycles. The zero-order valence-electron chi connectivity index (χ0n) is 10.5. The Morgan fingerprint density at radius 3 is 2.89 bits per heavy atom. The standard InChI is InChI=1S/C14H19N3O/c15-9-2-1-4-11-5-3-6-12(10-11)13-7-8-14(18)17-16-13/h3,5-6,10H,1-2,4,7-9,15H2,(H,17,18). The van der Waals surface area contributed by atoms with E-state index < -0.39 is 0 Å². The van der Waals surface area contributed by atoms with Gasteiger partial charge in [-0.15, -0.1) is 0 Å². The van der Waals surface area contributed by atoms with Crippen molar-refractivity contribution in [3.63, 3.8) is 0 Å². The van der Waals surface area contributed by atoms with E-state index in [1.165, 1.54) is 5.56 Å². The molecule has 0 spiro atoms. The molecule has 1 aliphatic rings. The summed E-state index contributed by atoms with van der Waals surface area (Å²) < 4.78 is 0. The van der Waals surface area contributed by atoms with E-state index >= 15 is 0 Å². The second kappa shape index (κ2) is 6.31. The van der Waals surface area contributed by atoms with Crippen molar-refractivity contribution in [3.05, 3.63) is 35.4 Å². The number of nitrogens with two attached hydrogens (primary N) is 1. The maximum Gasteiger partial charge on any atom is 0.240 e. The fourth-order valence-corrected chi connectivity index (χ4v) is 2.06. The molecule has 1 amide bonds. The minimum absolute atomic E-state index is 0.00199. The topological polar surface area (TPSA) is 67.5 Å². The van der Waals surface area contributed by atoms with Gasteiger partial charge in [-0.2, -0.15) is 5.10 Å². The van der Waals surface area contributed by atoms with Crippen LogP contribution in [0.5, 0.6) is 0 Å². The van der Waals surface area contributed by atoms with Crippen molar-refractivity contribution in [2.45, 2.75) is 32.1 Å². The van der Waals surface area contributed by atoms with Crippen molar-refractivity contribution in [2.24, 2.45) is 10.8 Å². The summed E-state index contributed by atoms with van der Waals surface area (Å²) in [6, 6.07) is 8.38. The van der Waals surface area contributed by atoms with Gasteiger partial charge in [-0.05, 0) is 43.0 Å². The molecule has 18 heavy (non-hydrogen) atoms. The molecule has 0 aromatic heterocycles. The third kappa shape index (κ3) is 3.40. The Labute approximate surface area is 107 Å². The van der Waals surface area contributed by atoms with Crippen LogP contribution in [0.2, 0.25) is 0 Å². The summed E-state index contributed by atoms with van der Waals surface area (Å²) in [5, 5.41) is 4.12. The predicted molar refractivity (Wildman–Crippen MR) is 72.3 cm³/mol. The van der Waals surface area contributed by atoms with E-state index in [4.69, 9.17) is 5.73 Å². The number of hydrogen-bond donors (Lipinski definition) is 2. The molecule has 1 aromatic rings. The molecule has 4 nitrogen and oxygen atoms in total. The third-order valence-electron chi connectivity index (χ3n) is 3.08. The molecule has 0 atom stereocenters. The Morgan fingerprint density at radius 2 is 2.17 bits per heavy atom. The van der Waals surface area contributed by atoms with Crippen LogP contribution >= 0.6 is 0 Å². The average molecular weight is 245 g/mol. The van der Waals surface area contributed by atoms with Gasteiger partial charge in [0.2, 0.25) is 5.91 Å². The molecular weight excluding hydrogens is 226 g/mol. The van der Waals surface area contributed by atoms with Gasteiger partial charge in [-0.25, -0.2) is 5.43 Å². The molecule has 0 saturated carbocycles. The van der Waals surface area contributed by atoms with Crippen LogP contribution in [0, 0.1) is 0 Å². The van der Waals surface area contributed by atoms with E-state index in [1.807, 2.05) is 12.1 Å². The second-order valence-electron chi connectivity index (χ2n) is 4.54. The maximum atomic E-state index is 11.1. The Bertz CT molecular complexity index is 454. The number of carbonyl (C=O) groups is 1. The molecule has 1 aromatic carbocycles. The Balaban J connectivity index is 2.05. The molecule has 1 heterocycles. The second-order valence-corrected chi connectivity index (χ2v) is 4.54. The molecule has 0 bridgehead atoms. The van der Waals surface area contributed by atoms with Crippen molar-refractivity contribution < 1.29 is 4.79 Å². The largest absolute Gasteiger partial charge is 0.330 e. The van der Waals surface area contributed by atoms with Crippen LogP contribution in [0.4, 0.5) is 0 Å². The van der Waals surface area contributed by atoms with E-state index in [0.29, 0.717) is 6.42 Å². The summed E-state index contributed by atoms with van der Waals surface area (Å²) in [5.41, 5.74) is 11.4. The van der Waals surface area contributed by atoms with E-state index in [2.05, 4.69) is 22.7 Å². The maximum absolute atomic E-state index is 11.1. The summed E-state index contributed by atoms with van der Waals surface area (Å²) in [7, 11) is 0. The minimum Gasteiger partial charge on any atom is -0.330 e. The highest BCUT2D eigenvalue weighted by Crippen LogP contribution is 2.13. The van der Waals surface area contributed by atoms with Crippen LogP contribution in [0.15, 0.2) is 29.4 Å². The van der Waals surface area contributed by atoms with Gasteiger partial charge in [-0.3, -0.25) is 4.79 Å². The monoisotopic (exact) mass is 245 g/mol. The van der Waals surface area contributed by atoms with Gasteiger partial charge >= 0.3 is 0 Å². The first-order valence-corrected chi connectivity index (χ1v) is 6.44. The first kappa shape index (κ1) is 12.8. The van der Waals surface area contributed by atoms with Crippen molar-refractivity contribution in [1.82, 2.24) is 5.43 Å². The van der Waals surface area contributed by atoms with Crippen LogP contribution in [0.1, 0.15) is 36.8 Å². The molecule has 2 rings (SSSR count). The highest BCUT2D eigenvalue weighted by atomic mass is 16.2. The highest BCUT2D eigenvalue weighted by Gasteiger charge is 2.13. The SMILES string of the molecule is NCCCCc1cccc(C2=NNC(=O)CC2)c1. The zero-order valence-corrected chi connectivity index (χ0v) is 10.5. The van der Waals surface area contributed by atoms with E-state index in [1.54, 1.807) is 0 Å². The quantitative estimate of drug-likeness (QED) is 0.773. The molecule has 3 N–H and O–H groups in total. The van der Waals surface area contributed by atoms with E-state index in [9.17, 15) is 4.79 Å². The molecular formula is C14H19N3O. The number of benzene rings is 1. The number of amides is 1. The number of hydrogen-bond acceptors (Lipinski definition) is 3. The number of carbonyl (C=O) groups excluding carboxylic acids is 1. The summed E-state index contributed by atoms with van der Waals surface area (Å²) in [5.74, 6) is -0.00199. The lowest BCUT2D eigenvalue weighted by Crippen LogP contribution is -2.25. The minimum atomic E-state index is -0.00199. The van der Waals surface area contributed by atoms with Gasteiger partial charge in [0, 0.05) is 12.8 Å². The Hall–Kier alpha value is -1.68. The molecule has 0 fully saturated rings. The van der Waals surface area contributed by atoms with Gasteiger partial charge in [0.15, 0.2) is 0 Å². The van der Waals surface area contributed by atoms with Crippen LogP contribution in [0.25, 0.3) is 0 Å². The third-order valence-corrected chi connectivity index (χ3v) is 3.08. The Morgan fingerprint density at radius 1 is 1.28 bits per heavy atom. The normalized spacial score (nSPS) is 15.2.